The van der Waals surface area contributed by atoms with Gasteiger partial charge in [0, 0.05) is 32.7 Å². The second-order valence-electron chi connectivity index (χ2n) is 8.29. The Balaban J connectivity index is 1.21. The Morgan fingerprint density at radius 3 is 2.35 bits per heavy atom. The predicted octanol–water partition coefficient (Wildman–Crippen LogP) is 4.35. The van der Waals surface area contributed by atoms with Crippen LogP contribution in [-0.2, 0) is 4.79 Å². The van der Waals surface area contributed by atoms with Crippen LogP contribution in [0.1, 0.15) is 24.1 Å². The van der Waals surface area contributed by atoms with Gasteiger partial charge in [0.1, 0.15) is 0 Å². The Hall–Kier alpha value is -2.95. The molecule has 31 heavy (non-hydrogen) atoms. The summed E-state index contributed by atoms with van der Waals surface area (Å²) in [5.74, 6) is 0.0954. The average Bonchev–Trinajstić information content (AvgIpc) is 2.80. The third-order valence-electron chi connectivity index (χ3n) is 5.96. The number of rotatable bonds is 7. The van der Waals surface area contributed by atoms with Crippen LogP contribution < -0.4 is 5.32 Å². The Kier molecular flexibility index (Phi) is 7.13. The molecule has 3 aromatic rings. The van der Waals surface area contributed by atoms with E-state index in [1.807, 2.05) is 18.2 Å². The molecule has 4 heteroatoms. The maximum Gasteiger partial charge on any atom is 0.234 e. The van der Waals surface area contributed by atoms with Crippen molar-refractivity contribution in [1.82, 2.24) is 15.1 Å². The highest BCUT2D eigenvalue weighted by Crippen LogP contribution is 2.20. The summed E-state index contributed by atoms with van der Waals surface area (Å²) in [5.41, 5.74) is 2.38. The van der Waals surface area contributed by atoms with E-state index in [-0.39, 0.29) is 11.9 Å². The van der Waals surface area contributed by atoms with E-state index in [9.17, 15) is 4.79 Å². The fourth-order valence-corrected chi connectivity index (χ4v) is 4.08. The van der Waals surface area contributed by atoms with Crippen molar-refractivity contribution in [3.05, 3.63) is 90.0 Å². The highest BCUT2D eigenvalue weighted by atomic mass is 16.2. The van der Waals surface area contributed by atoms with Crippen molar-refractivity contribution in [2.75, 3.05) is 39.3 Å². The van der Waals surface area contributed by atoms with Gasteiger partial charge in [-0.1, -0.05) is 78.9 Å². The third-order valence-corrected chi connectivity index (χ3v) is 5.96. The minimum atomic E-state index is 0.00141. The number of piperazine rings is 1. The van der Waals surface area contributed by atoms with E-state index in [4.69, 9.17) is 0 Å². The van der Waals surface area contributed by atoms with Crippen molar-refractivity contribution in [3.63, 3.8) is 0 Å². The zero-order chi connectivity index (χ0) is 21.5. The lowest BCUT2D eigenvalue weighted by atomic mass is 10.0. The smallest absolute Gasteiger partial charge is 0.234 e. The molecule has 1 aliphatic heterocycles. The number of nitrogens with zero attached hydrogens (tertiary/aromatic N) is 2. The lowest BCUT2D eigenvalue weighted by Gasteiger charge is -2.33. The van der Waals surface area contributed by atoms with E-state index in [1.165, 1.54) is 16.3 Å². The average molecular weight is 414 g/mol. The van der Waals surface area contributed by atoms with Crippen LogP contribution in [-0.4, -0.2) is 55.0 Å². The second-order valence-corrected chi connectivity index (χ2v) is 8.29. The molecule has 1 fully saturated rings. The molecular weight excluding hydrogens is 382 g/mol. The molecule has 0 aliphatic carbocycles. The standard InChI is InChI=1S/C27H31N3O/c1-22(25-14-13-24-11-5-6-12-26(24)20-25)28-27(31)21-30-18-16-29(17-19-30)15-7-10-23-8-3-2-4-9-23/h2-14,20,22H,15-19,21H2,1H3,(H,28,31)/b10-7+/t22-/m1/s1. The number of amides is 1. The Labute approximate surface area is 185 Å². The number of carbonyl (C=O) groups is 1. The molecule has 1 heterocycles. The van der Waals surface area contributed by atoms with Crippen molar-refractivity contribution in [2.24, 2.45) is 0 Å². The fraction of sp³-hybridized carbons (Fsp3) is 0.296. The summed E-state index contributed by atoms with van der Waals surface area (Å²) in [6.45, 7) is 7.31. The van der Waals surface area contributed by atoms with Crippen molar-refractivity contribution >= 4 is 22.8 Å². The van der Waals surface area contributed by atoms with Gasteiger partial charge in [0.05, 0.1) is 12.6 Å². The van der Waals surface area contributed by atoms with Crippen molar-refractivity contribution < 1.29 is 4.79 Å². The lowest BCUT2D eigenvalue weighted by Crippen LogP contribution is -2.49. The molecule has 0 radical (unpaired) electrons. The molecule has 0 bridgehead atoms. The highest BCUT2D eigenvalue weighted by Gasteiger charge is 2.19. The van der Waals surface area contributed by atoms with Crippen LogP contribution in [0.3, 0.4) is 0 Å². The number of fused-ring (bicyclic) bond motifs is 1. The van der Waals surface area contributed by atoms with Gasteiger partial charge in [-0.3, -0.25) is 14.6 Å². The molecule has 1 atom stereocenters. The molecule has 160 valence electrons. The van der Waals surface area contributed by atoms with E-state index in [0.717, 1.165) is 38.3 Å². The summed E-state index contributed by atoms with van der Waals surface area (Å²) in [5, 5.41) is 5.60. The van der Waals surface area contributed by atoms with Gasteiger partial charge in [-0.25, -0.2) is 0 Å². The molecule has 1 aliphatic rings. The summed E-state index contributed by atoms with van der Waals surface area (Å²) in [6.07, 6.45) is 4.40. The van der Waals surface area contributed by atoms with E-state index in [0.29, 0.717) is 6.54 Å². The van der Waals surface area contributed by atoms with Crippen LogP contribution >= 0.6 is 0 Å². The summed E-state index contributed by atoms with van der Waals surface area (Å²) < 4.78 is 0. The first-order valence-corrected chi connectivity index (χ1v) is 11.1. The first-order chi connectivity index (χ1) is 15.2. The zero-order valence-corrected chi connectivity index (χ0v) is 18.2. The molecule has 1 saturated heterocycles. The number of hydrogen-bond acceptors (Lipinski definition) is 3. The molecular formula is C27H31N3O. The first kappa shape index (κ1) is 21.3. The largest absolute Gasteiger partial charge is 0.348 e. The number of benzene rings is 3. The topological polar surface area (TPSA) is 35.6 Å². The molecule has 0 spiro atoms. The summed E-state index contributed by atoms with van der Waals surface area (Å²) in [6, 6.07) is 25.1. The molecule has 4 nitrogen and oxygen atoms in total. The molecule has 0 aromatic heterocycles. The Bertz CT molecular complexity index is 1020. The molecule has 0 saturated carbocycles. The number of nitrogens with one attached hydrogen (secondary N) is 1. The quantitative estimate of drug-likeness (QED) is 0.626. The van der Waals surface area contributed by atoms with Gasteiger partial charge < -0.3 is 5.32 Å². The maximum atomic E-state index is 12.6. The molecule has 1 amide bonds. The molecule has 4 rings (SSSR count). The highest BCUT2D eigenvalue weighted by molar-refractivity contribution is 5.83. The van der Waals surface area contributed by atoms with Crippen LogP contribution in [0, 0.1) is 0 Å². The first-order valence-electron chi connectivity index (χ1n) is 11.1. The SMILES string of the molecule is C[C@@H](NC(=O)CN1CCN(C/C=C/c2ccccc2)CC1)c1ccc2ccccc2c1. The third kappa shape index (κ3) is 6.03. The van der Waals surface area contributed by atoms with Gasteiger partial charge in [-0.15, -0.1) is 0 Å². The van der Waals surface area contributed by atoms with Crippen molar-refractivity contribution in [3.8, 4) is 0 Å². The zero-order valence-electron chi connectivity index (χ0n) is 18.2. The van der Waals surface area contributed by atoms with E-state index in [1.54, 1.807) is 0 Å². The van der Waals surface area contributed by atoms with Crippen LogP contribution in [0.2, 0.25) is 0 Å². The number of carbonyl (C=O) groups excluding carboxylic acids is 1. The van der Waals surface area contributed by atoms with Gasteiger partial charge >= 0.3 is 0 Å². The van der Waals surface area contributed by atoms with E-state index >= 15 is 0 Å². The fourth-order valence-electron chi connectivity index (χ4n) is 4.08. The van der Waals surface area contributed by atoms with Gasteiger partial charge in [-0.05, 0) is 34.9 Å². The minimum absolute atomic E-state index is 0.00141. The number of hydrogen-bond donors (Lipinski definition) is 1. The van der Waals surface area contributed by atoms with Gasteiger partial charge in [0.15, 0.2) is 0 Å². The Morgan fingerprint density at radius 2 is 1.58 bits per heavy atom. The van der Waals surface area contributed by atoms with E-state index in [2.05, 4.69) is 88.8 Å². The summed E-state index contributed by atoms with van der Waals surface area (Å²) in [4.78, 5) is 17.3. The molecule has 0 unspecified atom stereocenters. The van der Waals surface area contributed by atoms with Crippen molar-refractivity contribution in [1.29, 1.82) is 0 Å². The Morgan fingerprint density at radius 1 is 0.903 bits per heavy atom. The van der Waals surface area contributed by atoms with E-state index < -0.39 is 0 Å². The monoisotopic (exact) mass is 413 g/mol. The van der Waals surface area contributed by atoms with Gasteiger partial charge in [0.2, 0.25) is 5.91 Å². The van der Waals surface area contributed by atoms with Crippen LogP contribution in [0.25, 0.3) is 16.8 Å². The maximum absolute atomic E-state index is 12.6. The molecule has 1 N–H and O–H groups in total. The van der Waals surface area contributed by atoms with Gasteiger partial charge in [0.25, 0.3) is 0 Å². The minimum Gasteiger partial charge on any atom is -0.348 e. The van der Waals surface area contributed by atoms with Crippen LogP contribution in [0.5, 0.6) is 0 Å². The summed E-state index contributed by atoms with van der Waals surface area (Å²) >= 11 is 0. The lowest BCUT2D eigenvalue weighted by molar-refractivity contribution is -0.123. The normalized spacial score (nSPS) is 16.5. The summed E-state index contributed by atoms with van der Waals surface area (Å²) in [7, 11) is 0. The second kappa shape index (κ2) is 10.4. The van der Waals surface area contributed by atoms with Crippen LogP contribution in [0.15, 0.2) is 78.9 Å². The van der Waals surface area contributed by atoms with Gasteiger partial charge in [-0.2, -0.15) is 0 Å². The predicted molar refractivity (Wildman–Crippen MR) is 129 cm³/mol. The van der Waals surface area contributed by atoms with Crippen molar-refractivity contribution in [2.45, 2.75) is 13.0 Å². The van der Waals surface area contributed by atoms with Crippen LogP contribution in [0.4, 0.5) is 0 Å². The molecule has 3 aromatic carbocycles.